The van der Waals surface area contributed by atoms with Crippen molar-refractivity contribution in [2.24, 2.45) is 0 Å². The molecule has 3 aromatic rings. The van der Waals surface area contributed by atoms with E-state index >= 15 is 0 Å². The first-order valence-corrected chi connectivity index (χ1v) is 10.3. The molecule has 2 aromatic carbocycles. The Morgan fingerprint density at radius 3 is 2.54 bits per heavy atom. The molecule has 0 aliphatic rings. The number of aliphatic hydroxyl groups excluding tert-OH is 1. The Labute approximate surface area is 168 Å². The summed E-state index contributed by atoms with van der Waals surface area (Å²) < 4.78 is 8.33. The third-order valence-electron chi connectivity index (χ3n) is 5.59. The van der Waals surface area contributed by atoms with Crippen molar-refractivity contribution < 1.29 is 9.84 Å². The molecule has 0 bridgehead atoms. The smallest absolute Gasteiger partial charge is 0.122 e. The van der Waals surface area contributed by atoms with E-state index in [0.717, 1.165) is 55.9 Å². The first-order chi connectivity index (χ1) is 13.5. The molecule has 0 spiro atoms. The predicted molar refractivity (Wildman–Crippen MR) is 115 cm³/mol. The van der Waals surface area contributed by atoms with Crippen molar-refractivity contribution in [1.82, 2.24) is 9.55 Å². The van der Waals surface area contributed by atoms with Crippen LogP contribution in [0, 0.1) is 27.7 Å². The number of hydrogen-bond donors (Lipinski definition) is 1. The Hall–Kier alpha value is -2.33. The number of nitrogens with zero attached hydrogens (tertiary/aromatic N) is 2. The highest BCUT2D eigenvalue weighted by molar-refractivity contribution is 5.78. The number of aryl methyl sites for hydroxylation is 5. The Morgan fingerprint density at radius 2 is 1.75 bits per heavy atom. The first-order valence-electron chi connectivity index (χ1n) is 10.3. The summed E-state index contributed by atoms with van der Waals surface area (Å²) in [7, 11) is 0. The maximum Gasteiger partial charge on any atom is 0.122 e. The lowest BCUT2D eigenvalue weighted by Gasteiger charge is -2.12. The fourth-order valence-electron chi connectivity index (χ4n) is 3.54. The highest BCUT2D eigenvalue weighted by Crippen LogP contribution is 2.23. The number of fused-ring (bicyclic) bond motifs is 1. The average molecular weight is 381 g/mol. The van der Waals surface area contributed by atoms with Gasteiger partial charge in [0.25, 0.3) is 0 Å². The van der Waals surface area contributed by atoms with Crippen LogP contribution in [0.3, 0.4) is 0 Å². The van der Waals surface area contributed by atoms with E-state index in [9.17, 15) is 5.11 Å². The topological polar surface area (TPSA) is 47.3 Å². The molecule has 0 saturated heterocycles. The van der Waals surface area contributed by atoms with E-state index in [4.69, 9.17) is 9.72 Å². The number of unbranched alkanes of at least 4 members (excludes halogenated alkanes) is 1. The fourth-order valence-corrected chi connectivity index (χ4v) is 3.54. The molecular formula is C24H32N2O2. The van der Waals surface area contributed by atoms with Crippen LogP contribution in [-0.4, -0.2) is 27.9 Å². The van der Waals surface area contributed by atoms with Gasteiger partial charge in [-0.15, -0.1) is 0 Å². The molecule has 4 heteroatoms. The number of hydrogen-bond acceptors (Lipinski definition) is 3. The SMILES string of the molecule is Cc1cc2nc(CCCO)n(CCCCOc3cccc(C)c3C)c2cc1C. The van der Waals surface area contributed by atoms with Crippen molar-refractivity contribution in [3.8, 4) is 5.75 Å². The normalized spacial score (nSPS) is 11.3. The van der Waals surface area contributed by atoms with E-state index in [2.05, 4.69) is 50.5 Å². The van der Waals surface area contributed by atoms with Crippen LogP contribution in [0.1, 0.15) is 47.3 Å². The molecule has 0 aliphatic heterocycles. The van der Waals surface area contributed by atoms with Crippen LogP contribution in [-0.2, 0) is 13.0 Å². The minimum absolute atomic E-state index is 0.199. The van der Waals surface area contributed by atoms with E-state index in [1.807, 2.05) is 12.1 Å². The van der Waals surface area contributed by atoms with Crippen molar-refractivity contribution in [2.45, 2.75) is 59.9 Å². The molecule has 0 aliphatic carbocycles. The van der Waals surface area contributed by atoms with E-state index in [0.29, 0.717) is 0 Å². The lowest BCUT2D eigenvalue weighted by Crippen LogP contribution is -2.07. The third-order valence-corrected chi connectivity index (χ3v) is 5.59. The predicted octanol–water partition coefficient (Wildman–Crippen LogP) is 5.05. The van der Waals surface area contributed by atoms with Crippen molar-refractivity contribution in [2.75, 3.05) is 13.2 Å². The van der Waals surface area contributed by atoms with Crippen molar-refractivity contribution in [1.29, 1.82) is 0 Å². The highest BCUT2D eigenvalue weighted by atomic mass is 16.5. The van der Waals surface area contributed by atoms with Crippen molar-refractivity contribution in [3.63, 3.8) is 0 Å². The maximum atomic E-state index is 9.22. The van der Waals surface area contributed by atoms with Gasteiger partial charge in [0.1, 0.15) is 11.6 Å². The molecule has 3 rings (SSSR count). The fraction of sp³-hybridized carbons (Fsp3) is 0.458. The zero-order chi connectivity index (χ0) is 20.1. The molecule has 0 amide bonds. The largest absolute Gasteiger partial charge is 0.493 e. The van der Waals surface area contributed by atoms with E-state index in [1.165, 1.54) is 27.8 Å². The number of rotatable bonds is 9. The van der Waals surface area contributed by atoms with Crippen molar-refractivity contribution in [3.05, 3.63) is 58.4 Å². The first kappa shape index (κ1) is 20.4. The number of aliphatic hydroxyl groups is 1. The monoisotopic (exact) mass is 380 g/mol. The molecule has 150 valence electrons. The van der Waals surface area contributed by atoms with Gasteiger partial charge in [-0.2, -0.15) is 0 Å². The van der Waals surface area contributed by atoms with E-state index in [-0.39, 0.29) is 6.61 Å². The van der Waals surface area contributed by atoms with Gasteiger partial charge in [-0.05, 0) is 87.4 Å². The number of benzene rings is 2. The molecule has 1 N–H and O–H groups in total. The van der Waals surface area contributed by atoms with Gasteiger partial charge >= 0.3 is 0 Å². The molecule has 0 fully saturated rings. The second-order valence-corrected chi connectivity index (χ2v) is 7.69. The van der Waals surface area contributed by atoms with Gasteiger partial charge in [-0.3, -0.25) is 0 Å². The van der Waals surface area contributed by atoms with Gasteiger partial charge in [0.05, 0.1) is 17.6 Å². The van der Waals surface area contributed by atoms with Gasteiger partial charge in [0, 0.05) is 19.6 Å². The molecule has 0 saturated carbocycles. The van der Waals surface area contributed by atoms with Crippen molar-refractivity contribution >= 4 is 11.0 Å². The molecule has 4 nitrogen and oxygen atoms in total. The minimum atomic E-state index is 0.199. The molecule has 0 atom stereocenters. The van der Waals surface area contributed by atoms with Gasteiger partial charge in [-0.25, -0.2) is 4.98 Å². The lowest BCUT2D eigenvalue weighted by molar-refractivity contribution is 0.286. The summed E-state index contributed by atoms with van der Waals surface area (Å²) in [6.07, 6.45) is 3.59. The molecular weight excluding hydrogens is 348 g/mol. The third kappa shape index (κ3) is 4.56. The lowest BCUT2D eigenvalue weighted by atomic mass is 10.1. The van der Waals surface area contributed by atoms with Crippen LogP contribution < -0.4 is 4.74 Å². The Bertz CT molecular complexity index is 943. The Balaban J connectivity index is 1.65. The average Bonchev–Trinajstić information content (AvgIpc) is 3.00. The van der Waals surface area contributed by atoms with Gasteiger partial charge in [-0.1, -0.05) is 12.1 Å². The highest BCUT2D eigenvalue weighted by Gasteiger charge is 2.12. The quantitative estimate of drug-likeness (QED) is 0.528. The summed E-state index contributed by atoms with van der Waals surface area (Å²) in [4.78, 5) is 4.84. The molecule has 28 heavy (non-hydrogen) atoms. The molecule has 0 unspecified atom stereocenters. The summed E-state index contributed by atoms with van der Waals surface area (Å²) in [5.74, 6) is 2.06. The second kappa shape index (κ2) is 9.24. The summed E-state index contributed by atoms with van der Waals surface area (Å²) in [6, 6.07) is 10.6. The standard InChI is InChI=1S/C24H32N2O2/c1-17-9-7-10-23(20(17)4)28-14-6-5-12-26-22-16-19(3)18(2)15-21(22)25-24(26)11-8-13-27/h7,9-10,15-16,27H,5-6,8,11-14H2,1-4H3. The van der Waals surface area contributed by atoms with E-state index < -0.39 is 0 Å². The van der Waals surface area contributed by atoms with Crippen LogP contribution >= 0.6 is 0 Å². The zero-order valence-corrected chi connectivity index (χ0v) is 17.6. The summed E-state index contributed by atoms with van der Waals surface area (Å²) >= 11 is 0. The Morgan fingerprint density at radius 1 is 0.964 bits per heavy atom. The summed E-state index contributed by atoms with van der Waals surface area (Å²) in [5, 5.41) is 9.22. The Kier molecular flexibility index (Phi) is 6.74. The van der Waals surface area contributed by atoms with Crippen LogP contribution in [0.5, 0.6) is 5.75 Å². The number of aromatic nitrogens is 2. The number of imidazole rings is 1. The summed E-state index contributed by atoms with van der Waals surface area (Å²) in [5.41, 5.74) is 7.31. The minimum Gasteiger partial charge on any atom is -0.493 e. The summed E-state index contributed by atoms with van der Waals surface area (Å²) in [6.45, 7) is 10.4. The van der Waals surface area contributed by atoms with Crippen LogP contribution in [0.2, 0.25) is 0 Å². The van der Waals surface area contributed by atoms with Crippen LogP contribution in [0.4, 0.5) is 0 Å². The molecule has 1 aromatic heterocycles. The molecule has 1 heterocycles. The molecule has 0 radical (unpaired) electrons. The zero-order valence-electron chi connectivity index (χ0n) is 17.6. The second-order valence-electron chi connectivity index (χ2n) is 7.69. The van der Waals surface area contributed by atoms with Crippen LogP contribution in [0.15, 0.2) is 30.3 Å². The number of ether oxygens (including phenoxy) is 1. The van der Waals surface area contributed by atoms with Crippen LogP contribution in [0.25, 0.3) is 11.0 Å². The van der Waals surface area contributed by atoms with E-state index in [1.54, 1.807) is 0 Å². The van der Waals surface area contributed by atoms with Gasteiger partial charge in [0.15, 0.2) is 0 Å². The van der Waals surface area contributed by atoms with Gasteiger partial charge in [0.2, 0.25) is 0 Å². The maximum absolute atomic E-state index is 9.22. The van der Waals surface area contributed by atoms with Gasteiger partial charge < -0.3 is 14.4 Å².